The fraction of sp³-hybridized carbons (Fsp3) is 0.500. The summed E-state index contributed by atoms with van der Waals surface area (Å²) in [4.78, 5) is 16.4. The van der Waals surface area contributed by atoms with E-state index in [1.54, 1.807) is 0 Å². The van der Waals surface area contributed by atoms with Crippen molar-refractivity contribution < 1.29 is 9.53 Å². The quantitative estimate of drug-likeness (QED) is 0.863. The van der Waals surface area contributed by atoms with Crippen LogP contribution >= 0.6 is 0 Å². The van der Waals surface area contributed by atoms with Crippen LogP contribution in [0.3, 0.4) is 0 Å². The Morgan fingerprint density at radius 1 is 1.25 bits per heavy atom. The number of carbonyl (C=O) groups excluding carboxylic acids is 1. The maximum absolute atomic E-state index is 12.0. The second-order valence-electron chi connectivity index (χ2n) is 7.66. The van der Waals surface area contributed by atoms with Crippen molar-refractivity contribution in [1.82, 2.24) is 10.3 Å². The van der Waals surface area contributed by atoms with Gasteiger partial charge in [-0.25, -0.2) is 4.79 Å². The maximum atomic E-state index is 12.0. The molecule has 1 N–H and O–H groups in total. The molecule has 4 heteroatoms. The highest BCUT2D eigenvalue weighted by molar-refractivity contribution is 5.79. The third-order valence-electron chi connectivity index (χ3n) is 4.49. The van der Waals surface area contributed by atoms with Gasteiger partial charge in [-0.2, -0.15) is 0 Å². The molecule has 1 fully saturated rings. The van der Waals surface area contributed by atoms with Crippen LogP contribution in [0.25, 0.3) is 10.9 Å². The molecule has 1 saturated carbocycles. The topological polar surface area (TPSA) is 51.2 Å². The van der Waals surface area contributed by atoms with E-state index in [0.717, 1.165) is 31.2 Å². The molecule has 1 aliphatic rings. The number of ether oxygens (including phenoxy) is 1. The zero-order valence-electron chi connectivity index (χ0n) is 14.7. The van der Waals surface area contributed by atoms with E-state index in [9.17, 15) is 4.79 Å². The Morgan fingerprint density at radius 3 is 2.88 bits per heavy atom. The molecular formula is C20H26N2O2. The van der Waals surface area contributed by atoms with Crippen LogP contribution in [0.2, 0.25) is 0 Å². The molecule has 1 aromatic heterocycles. The lowest BCUT2D eigenvalue weighted by molar-refractivity contribution is 0.0490. The minimum atomic E-state index is -0.455. The van der Waals surface area contributed by atoms with Crippen molar-refractivity contribution in [3.05, 3.63) is 42.1 Å². The van der Waals surface area contributed by atoms with Crippen molar-refractivity contribution in [2.75, 3.05) is 0 Å². The van der Waals surface area contributed by atoms with Gasteiger partial charge in [0.25, 0.3) is 0 Å². The number of alkyl carbamates (subject to hydrolysis) is 1. The maximum Gasteiger partial charge on any atom is 0.407 e. The zero-order valence-corrected chi connectivity index (χ0v) is 14.7. The molecule has 24 heavy (non-hydrogen) atoms. The number of benzene rings is 1. The van der Waals surface area contributed by atoms with E-state index in [2.05, 4.69) is 34.6 Å². The van der Waals surface area contributed by atoms with E-state index in [0.29, 0.717) is 5.92 Å². The van der Waals surface area contributed by atoms with Crippen LogP contribution in [0.4, 0.5) is 4.79 Å². The van der Waals surface area contributed by atoms with Gasteiger partial charge >= 0.3 is 6.09 Å². The second-order valence-corrected chi connectivity index (χ2v) is 7.66. The van der Waals surface area contributed by atoms with Gasteiger partial charge in [-0.15, -0.1) is 0 Å². The number of hydrogen-bond donors (Lipinski definition) is 1. The Hall–Kier alpha value is -2.10. The average Bonchev–Trinajstić information content (AvgIpc) is 2.53. The summed E-state index contributed by atoms with van der Waals surface area (Å²) < 4.78 is 5.38. The summed E-state index contributed by atoms with van der Waals surface area (Å²) in [5, 5.41) is 4.22. The first-order valence-corrected chi connectivity index (χ1v) is 8.75. The summed E-state index contributed by atoms with van der Waals surface area (Å²) in [6.07, 6.45) is 5.78. The first-order chi connectivity index (χ1) is 11.4. The summed E-state index contributed by atoms with van der Waals surface area (Å²) in [6.45, 7) is 5.66. The van der Waals surface area contributed by atoms with Crippen LogP contribution in [-0.4, -0.2) is 22.7 Å². The highest BCUT2D eigenvalue weighted by Crippen LogP contribution is 2.34. The molecule has 128 valence electrons. The highest BCUT2D eigenvalue weighted by Gasteiger charge is 2.26. The molecule has 0 aliphatic heterocycles. The van der Waals surface area contributed by atoms with Crippen LogP contribution in [0, 0.1) is 0 Å². The van der Waals surface area contributed by atoms with Gasteiger partial charge in [-0.3, -0.25) is 4.98 Å². The largest absolute Gasteiger partial charge is 0.444 e. The number of fused-ring (bicyclic) bond motifs is 1. The first kappa shape index (κ1) is 16.7. The minimum absolute atomic E-state index is 0.184. The summed E-state index contributed by atoms with van der Waals surface area (Å²) in [7, 11) is 0. The van der Waals surface area contributed by atoms with Crippen LogP contribution < -0.4 is 5.32 Å². The van der Waals surface area contributed by atoms with E-state index >= 15 is 0 Å². The molecule has 1 aliphatic carbocycles. The van der Waals surface area contributed by atoms with Gasteiger partial charge in [0.2, 0.25) is 0 Å². The lowest BCUT2D eigenvalue weighted by atomic mass is 9.81. The fourth-order valence-corrected chi connectivity index (χ4v) is 3.45. The third-order valence-corrected chi connectivity index (χ3v) is 4.49. The van der Waals surface area contributed by atoms with Gasteiger partial charge in [0.05, 0.1) is 5.52 Å². The number of carbonyl (C=O) groups is 1. The molecule has 2 aromatic rings. The Labute approximate surface area is 143 Å². The van der Waals surface area contributed by atoms with Crippen molar-refractivity contribution in [1.29, 1.82) is 0 Å². The Bertz CT molecular complexity index is 721. The summed E-state index contributed by atoms with van der Waals surface area (Å²) >= 11 is 0. The van der Waals surface area contributed by atoms with Crippen molar-refractivity contribution in [2.24, 2.45) is 0 Å². The molecule has 4 nitrogen and oxygen atoms in total. The molecule has 1 heterocycles. The number of pyridine rings is 1. The Balaban J connectivity index is 1.67. The normalized spacial score (nSPS) is 21.5. The molecule has 0 saturated heterocycles. The second kappa shape index (κ2) is 6.80. The van der Waals surface area contributed by atoms with Gasteiger partial charge in [0, 0.05) is 17.6 Å². The zero-order chi connectivity index (χ0) is 17.2. The van der Waals surface area contributed by atoms with Gasteiger partial charge in [0.1, 0.15) is 5.60 Å². The number of amides is 1. The van der Waals surface area contributed by atoms with Gasteiger partial charge in [0.15, 0.2) is 0 Å². The van der Waals surface area contributed by atoms with E-state index in [1.807, 2.05) is 33.0 Å². The molecule has 2 atom stereocenters. The van der Waals surface area contributed by atoms with Crippen molar-refractivity contribution in [2.45, 2.75) is 64.0 Å². The van der Waals surface area contributed by atoms with E-state index in [4.69, 9.17) is 4.74 Å². The number of nitrogens with zero attached hydrogens (tertiary/aromatic N) is 1. The number of hydrogen-bond acceptors (Lipinski definition) is 3. The molecule has 0 bridgehead atoms. The Morgan fingerprint density at radius 2 is 2.08 bits per heavy atom. The lowest BCUT2D eigenvalue weighted by Gasteiger charge is -2.31. The van der Waals surface area contributed by atoms with Crippen LogP contribution in [-0.2, 0) is 4.74 Å². The highest BCUT2D eigenvalue weighted by atomic mass is 16.6. The van der Waals surface area contributed by atoms with E-state index in [-0.39, 0.29) is 12.1 Å². The summed E-state index contributed by atoms with van der Waals surface area (Å²) in [6, 6.07) is 10.8. The lowest BCUT2D eigenvalue weighted by Crippen LogP contribution is -2.41. The van der Waals surface area contributed by atoms with Crippen molar-refractivity contribution in [3.8, 4) is 0 Å². The fourth-order valence-electron chi connectivity index (χ4n) is 3.45. The minimum Gasteiger partial charge on any atom is -0.444 e. The third kappa shape index (κ3) is 4.25. The predicted octanol–water partition coefficient (Wildman–Crippen LogP) is 4.79. The SMILES string of the molecule is CC(C)(C)OC(=O)NC1CCCC(c2ccc3ncccc3c2)C1. The molecule has 2 unspecified atom stereocenters. The molecule has 3 rings (SSSR count). The molecule has 0 radical (unpaired) electrons. The van der Waals surface area contributed by atoms with Crippen LogP contribution in [0.15, 0.2) is 36.5 Å². The summed E-state index contributed by atoms with van der Waals surface area (Å²) in [5.74, 6) is 0.475. The molecule has 0 spiro atoms. The van der Waals surface area contributed by atoms with Crippen molar-refractivity contribution >= 4 is 17.0 Å². The van der Waals surface area contributed by atoms with Gasteiger partial charge in [-0.1, -0.05) is 18.6 Å². The molecule has 1 amide bonds. The number of aromatic nitrogens is 1. The van der Waals surface area contributed by atoms with E-state index in [1.165, 1.54) is 10.9 Å². The number of nitrogens with one attached hydrogen (secondary N) is 1. The van der Waals surface area contributed by atoms with E-state index < -0.39 is 5.60 Å². The van der Waals surface area contributed by atoms with Crippen molar-refractivity contribution in [3.63, 3.8) is 0 Å². The standard InChI is InChI=1S/C20H26N2O2/c1-20(2,3)24-19(23)22-17-8-4-6-14(13-17)15-9-10-18-16(12-15)7-5-11-21-18/h5,7,9-12,14,17H,4,6,8,13H2,1-3H3,(H,22,23). The first-order valence-electron chi connectivity index (χ1n) is 8.75. The average molecular weight is 326 g/mol. The predicted molar refractivity (Wildman–Crippen MR) is 96.1 cm³/mol. The Kier molecular flexibility index (Phi) is 4.74. The number of rotatable bonds is 2. The molecular weight excluding hydrogens is 300 g/mol. The smallest absolute Gasteiger partial charge is 0.407 e. The summed E-state index contributed by atoms with van der Waals surface area (Å²) in [5.41, 5.74) is 1.91. The van der Waals surface area contributed by atoms with Crippen LogP contribution in [0.5, 0.6) is 0 Å². The van der Waals surface area contributed by atoms with Gasteiger partial charge in [-0.05, 0) is 69.7 Å². The molecule has 1 aromatic carbocycles. The monoisotopic (exact) mass is 326 g/mol. The van der Waals surface area contributed by atoms with Gasteiger partial charge < -0.3 is 10.1 Å². The van der Waals surface area contributed by atoms with Crippen LogP contribution in [0.1, 0.15) is 57.9 Å².